The van der Waals surface area contributed by atoms with Crippen LogP contribution in [-0.2, 0) is 19.1 Å². The van der Waals surface area contributed by atoms with Gasteiger partial charge < -0.3 is 14.2 Å². The molecule has 1 rings (SSSR count). The van der Waals surface area contributed by atoms with E-state index in [1.54, 1.807) is 12.1 Å². The van der Waals surface area contributed by atoms with Crippen LogP contribution in [0.2, 0.25) is 5.02 Å². The highest BCUT2D eigenvalue weighted by Gasteiger charge is 2.07. The number of hydrogen-bond acceptors (Lipinski definition) is 5. The molecule has 0 radical (unpaired) electrons. The van der Waals surface area contributed by atoms with Crippen molar-refractivity contribution in [2.24, 2.45) is 0 Å². The van der Waals surface area contributed by atoms with Crippen LogP contribution in [0.4, 0.5) is 0 Å². The van der Waals surface area contributed by atoms with E-state index >= 15 is 0 Å². The summed E-state index contributed by atoms with van der Waals surface area (Å²) in [5.74, 6) is -0.0569. The van der Waals surface area contributed by atoms with Crippen molar-refractivity contribution in [3.8, 4) is 5.75 Å². The molecular formula is C18H25ClO5. The summed E-state index contributed by atoms with van der Waals surface area (Å²) < 4.78 is 15.5. The largest absolute Gasteiger partial charge is 0.488 e. The zero-order valence-corrected chi connectivity index (χ0v) is 14.8. The number of benzene rings is 1. The molecular weight excluding hydrogens is 332 g/mol. The Morgan fingerprint density at radius 1 is 0.917 bits per heavy atom. The maximum absolute atomic E-state index is 11.5. The van der Waals surface area contributed by atoms with E-state index in [0.717, 1.165) is 19.3 Å². The molecule has 0 aliphatic heterocycles. The zero-order valence-electron chi connectivity index (χ0n) is 14.1. The molecule has 0 bridgehead atoms. The van der Waals surface area contributed by atoms with E-state index < -0.39 is 0 Å². The molecule has 0 fully saturated rings. The number of para-hydroxylation sites is 1. The number of rotatable bonds is 12. The number of esters is 2. The summed E-state index contributed by atoms with van der Waals surface area (Å²) >= 11 is 5.94. The minimum absolute atomic E-state index is 0.144. The molecule has 1 aromatic rings. The van der Waals surface area contributed by atoms with Crippen molar-refractivity contribution in [3.05, 3.63) is 29.3 Å². The third kappa shape index (κ3) is 9.40. The Balaban J connectivity index is 2.02. The summed E-state index contributed by atoms with van der Waals surface area (Å²) in [6.45, 7) is 2.92. The fourth-order valence-electron chi connectivity index (χ4n) is 1.93. The molecule has 0 N–H and O–H groups in total. The quantitative estimate of drug-likeness (QED) is 0.415. The molecule has 134 valence electrons. The molecule has 0 spiro atoms. The summed E-state index contributed by atoms with van der Waals surface area (Å²) in [5.41, 5.74) is 0. The van der Waals surface area contributed by atoms with Gasteiger partial charge in [0, 0.05) is 12.8 Å². The van der Waals surface area contributed by atoms with Crippen molar-refractivity contribution < 1.29 is 23.8 Å². The molecule has 6 heteroatoms. The smallest absolute Gasteiger partial charge is 0.305 e. The Morgan fingerprint density at radius 2 is 1.58 bits per heavy atom. The molecule has 0 aliphatic carbocycles. The first-order valence-corrected chi connectivity index (χ1v) is 8.70. The summed E-state index contributed by atoms with van der Waals surface area (Å²) in [4.78, 5) is 23.0. The lowest BCUT2D eigenvalue weighted by atomic mass is 10.2. The van der Waals surface area contributed by atoms with Crippen LogP contribution in [0.15, 0.2) is 24.3 Å². The van der Waals surface area contributed by atoms with E-state index in [9.17, 15) is 9.59 Å². The van der Waals surface area contributed by atoms with Gasteiger partial charge in [0.25, 0.3) is 0 Å². The van der Waals surface area contributed by atoms with Crippen LogP contribution in [0.5, 0.6) is 5.75 Å². The van der Waals surface area contributed by atoms with Gasteiger partial charge in [-0.25, -0.2) is 0 Å². The molecule has 0 saturated heterocycles. The maximum atomic E-state index is 11.5. The van der Waals surface area contributed by atoms with E-state index in [-0.39, 0.29) is 38.0 Å². The lowest BCUT2D eigenvalue weighted by molar-refractivity contribution is -0.145. The molecule has 0 amide bonds. The van der Waals surface area contributed by atoms with E-state index in [0.29, 0.717) is 23.8 Å². The third-order valence-electron chi connectivity index (χ3n) is 3.21. The van der Waals surface area contributed by atoms with E-state index in [4.69, 9.17) is 25.8 Å². The molecule has 5 nitrogen and oxygen atoms in total. The first-order chi connectivity index (χ1) is 11.6. The first kappa shape index (κ1) is 20.3. The lowest BCUT2D eigenvalue weighted by Gasteiger charge is -2.08. The predicted molar refractivity (Wildman–Crippen MR) is 92.2 cm³/mol. The zero-order chi connectivity index (χ0) is 17.6. The predicted octanol–water partition coefficient (Wildman–Crippen LogP) is 4.17. The highest BCUT2D eigenvalue weighted by Crippen LogP contribution is 2.22. The van der Waals surface area contributed by atoms with Crippen LogP contribution < -0.4 is 4.74 Å². The van der Waals surface area contributed by atoms with Crippen LogP contribution in [0.1, 0.15) is 45.4 Å². The second kappa shape index (κ2) is 12.6. The Labute approximate surface area is 148 Å². The van der Waals surface area contributed by atoms with Crippen molar-refractivity contribution in [3.63, 3.8) is 0 Å². The van der Waals surface area contributed by atoms with Crippen molar-refractivity contribution in [1.29, 1.82) is 0 Å². The molecule has 1 aromatic carbocycles. The molecule has 0 saturated carbocycles. The summed E-state index contributed by atoms with van der Waals surface area (Å²) in [6.07, 6.45) is 3.87. The molecule has 0 heterocycles. The van der Waals surface area contributed by atoms with E-state index in [2.05, 4.69) is 6.92 Å². The first-order valence-electron chi connectivity index (χ1n) is 8.32. The lowest BCUT2D eigenvalue weighted by Crippen LogP contribution is -2.13. The Kier molecular flexibility index (Phi) is 10.7. The van der Waals surface area contributed by atoms with Gasteiger partial charge in [0.15, 0.2) is 0 Å². The topological polar surface area (TPSA) is 61.8 Å². The Hall–Kier alpha value is -1.75. The molecule has 0 aromatic heterocycles. The monoisotopic (exact) mass is 356 g/mol. The molecule has 0 aliphatic rings. The highest BCUT2D eigenvalue weighted by molar-refractivity contribution is 6.32. The van der Waals surface area contributed by atoms with Gasteiger partial charge in [-0.15, -0.1) is 0 Å². The second-order valence-electron chi connectivity index (χ2n) is 5.28. The normalized spacial score (nSPS) is 10.2. The molecule has 0 atom stereocenters. The Bertz CT molecular complexity index is 504. The van der Waals surface area contributed by atoms with Gasteiger partial charge in [0.1, 0.15) is 19.0 Å². The van der Waals surface area contributed by atoms with Gasteiger partial charge in [-0.1, -0.05) is 43.5 Å². The SMILES string of the molecule is CCCCCOC(=O)CCCC(=O)OCCOc1ccccc1Cl. The van der Waals surface area contributed by atoms with Crippen molar-refractivity contribution in [1.82, 2.24) is 0 Å². The van der Waals surface area contributed by atoms with Crippen LogP contribution in [0.3, 0.4) is 0 Å². The molecule has 0 unspecified atom stereocenters. The average Bonchev–Trinajstić information content (AvgIpc) is 2.57. The minimum atomic E-state index is -0.350. The number of carbonyl (C=O) groups excluding carboxylic acids is 2. The maximum Gasteiger partial charge on any atom is 0.305 e. The van der Waals surface area contributed by atoms with Crippen molar-refractivity contribution >= 4 is 23.5 Å². The number of halogens is 1. The standard InChI is InChI=1S/C18H25ClO5/c1-2-3-6-12-23-17(20)10-7-11-18(21)24-14-13-22-16-9-5-4-8-15(16)19/h4-5,8-9H,2-3,6-7,10-14H2,1H3. The average molecular weight is 357 g/mol. The second-order valence-corrected chi connectivity index (χ2v) is 5.69. The highest BCUT2D eigenvalue weighted by atomic mass is 35.5. The van der Waals surface area contributed by atoms with Gasteiger partial charge in [-0.2, -0.15) is 0 Å². The third-order valence-corrected chi connectivity index (χ3v) is 3.53. The van der Waals surface area contributed by atoms with Gasteiger partial charge in [-0.05, 0) is 25.0 Å². The summed E-state index contributed by atoms with van der Waals surface area (Å²) in [6, 6.07) is 7.10. The number of ether oxygens (including phenoxy) is 3. The fourth-order valence-corrected chi connectivity index (χ4v) is 2.12. The van der Waals surface area contributed by atoms with Crippen LogP contribution in [-0.4, -0.2) is 31.8 Å². The van der Waals surface area contributed by atoms with Gasteiger partial charge >= 0.3 is 11.9 Å². The van der Waals surface area contributed by atoms with E-state index in [1.165, 1.54) is 0 Å². The summed E-state index contributed by atoms with van der Waals surface area (Å²) in [5, 5.41) is 0.515. The van der Waals surface area contributed by atoms with Crippen molar-refractivity contribution in [2.75, 3.05) is 19.8 Å². The van der Waals surface area contributed by atoms with Gasteiger partial charge in [-0.3, -0.25) is 9.59 Å². The molecule has 24 heavy (non-hydrogen) atoms. The number of unbranched alkanes of at least 4 members (excludes halogenated alkanes) is 2. The van der Waals surface area contributed by atoms with Crippen LogP contribution in [0, 0.1) is 0 Å². The van der Waals surface area contributed by atoms with Crippen molar-refractivity contribution in [2.45, 2.75) is 45.4 Å². The van der Waals surface area contributed by atoms with Crippen LogP contribution >= 0.6 is 11.6 Å². The minimum Gasteiger partial charge on any atom is -0.488 e. The number of carbonyl (C=O) groups is 2. The Morgan fingerprint density at radius 3 is 2.25 bits per heavy atom. The summed E-state index contributed by atoms with van der Waals surface area (Å²) in [7, 11) is 0. The van der Waals surface area contributed by atoms with E-state index in [1.807, 2.05) is 12.1 Å². The fraction of sp³-hybridized carbons (Fsp3) is 0.556. The van der Waals surface area contributed by atoms with Gasteiger partial charge in [0.05, 0.1) is 11.6 Å². The van der Waals surface area contributed by atoms with Crippen LogP contribution in [0.25, 0.3) is 0 Å². The van der Waals surface area contributed by atoms with Gasteiger partial charge in [0.2, 0.25) is 0 Å². The number of hydrogen-bond donors (Lipinski definition) is 0.